The zero-order chi connectivity index (χ0) is 16.1. The van der Waals surface area contributed by atoms with Crippen molar-refractivity contribution in [3.8, 4) is 5.75 Å². The minimum atomic E-state index is -0.343. The Morgan fingerprint density at radius 1 is 1.13 bits per heavy atom. The Morgan fingerprint density at radius 2 is 2.04 bits per heavy atom. The normalized spacial score (nSPS) is 10.7. The van der Waals surface area contributed by atoms with Gasteiger partial charge >= 0.3 is 0 Å². The Balaban J connectivity index is 1.69. The van der Waals surface area contributed by atoms with Crippen LogP contribution >= 0.6 is 0 Å². The maximum Gasteiger partial charge on any atom is 0.130 e. The van der Waals surface area contributed by atoms with Gasteiger partial charge in [-0.15, -0.1) is 0 Å². The number of hydrogen-bond acceptors (Lipinski definition) is 3. The molecule has 0 atom stereocenters. The first-order valence-electron chi connectivity index (χ1n) is 7.45. The van der Waals surface area contributed by atoms with Gasteiger partial charge in [0, 0.05) is 24.1 Å². The van der Waals surface area contributed by atoms with Crippen molar-refractivity contribution < 1.29 is 13.9 Å². The molecule has 0 radical (unpaired) electrons. The summed E-state index contributed by atoms with van der Waals surface area (Å²) in [6, 6.07) is 14.6. The SMILES string of the molecule is O=CCCc1ccc(OCc2ccc3cccnc3c2)cc1F. The number of hydrogen-bond donors (Lipinski definition) is 0. The Labute approximate surface area is 133 Å². The van der Waals surface area contributed by atoms with Gasteiger partial charge in [0.2, 0.25) is 0 Å². The number of rotatable bonds is 6. The Kier molecular flexibility index (Phi) is 4.62. The van der Waals surface area contributed by atoms with Crippen LogP contribution in [0.3, 0.4) is 0 Å². The molecule has 0 aliphatic heterocycles. The summed E-state index contributed by atoms with van der Waals surface area (Å²) >= 11 is 0. The molecule has 0 bridgehead atoms. The van der Waals surface area contributed by atoms with Crippen molar-refractivity contribution in [2.75, 3.05) is 0 Å². The predicted octanol–water partition coefficient (Wildman–Crippen LogP) is 4.08. The van der Waals surface area contributed by atoms with Gasteiger partial charge < -0.3 is 9.53 Å². The summed E-state index contributed by atoms with van der Waals surface area (Å²) in [5, 5.41) is 1.07. The molecule has 0 saturated heterocycles. The number of pyridine rings is 1. The Hall–Kier alpha value is -2.75. The van der Waals surface area contributed by atoms with Crippen LogP contribution in [0.4, 0.5) is 4.39 Å². The lowest BCUT2D eigenvalue weighted by Crippen LogP contribution is -1.98. The molecule has 3 nitrogen and oxygen atoms in total. The van der Waals surface area contributed by atoms with E-state index in [0.717, 1.165) is 22.8 Å². The average molecular weight is 309 g/mol. The van der Waals surface area contributed by atoms with Crippen molar-refractivity contribution in [1.29, 1.82) is 0 Å². The van der Waals surface area contributed by atoms with Crippen molar-refractivity contribution in [3.05, 3.63) is 71.7 Å². The monoisotopic (exact) mass is 309 g/mol. The largest absolute Gasteiger partial charge is 0.489 e. The number of halogens is 1. The lowest BCUT2D eigenvalue weighted by molar-refractivity contribution is -0.107. The third-order valence-corrected chi connectivity index (χ3v) is 3.63. The van der Waals surface area contributed by atoms with Crippen LogP contribution in [0.15, 0.2) is 54.7 Å². The summed E-state index contributed by atoms with van der Waals surface area (Å²) in [6.07, 6.45) is 3.27. The Morgan fingerprint density at radius 3 is 2.87 bits per heavy atom. The number of aromatic nitrogens is 1. The van der Waals surface area contributed by atoms with Crippen LogP contribution in [-0.2, 0) is 17.8 Å². The second-order valence-electron chi connectivity index (χ2n) is 5.28. The van der Waals surface area contributed by atoms with Crippen molar-refractivity contribution in [1.82, 2.24) is 4.98 Å². The van der Waals surface area contributed by atoms with E-state index in [0.29, 0.717) is 30.8 Å². The first-order valence-corrected chi connectivity index (χ1v) is 7.45. The molecule has 0 amide bonds. The maximum atomic E-state index is 13.9. The van der Waals surface area contributed by atoms with E-state index >= 15 is 0 Å². The number of benzene rings is 2. The number of aryl methyl sites for hydroxylation is 1. The fourth-order valence-electron chi connectivity index (χ4n) is 2.40. The van der Waals surface area contributed by atoms with Crippen LogP contribution in [0.1, 0.15) is 17.5 Å². The smallest absolute Gasteiger partial charge is 0.130 e. The van der Waals surface area contributed by atoms with E-state index in [9.17, 15) is 9.18 Å². The third-order valence-electron chi connectivity index (χ3n) is 3.63. The summed E-state index contributed by atoms with van der Waals surface area (Å²) in [6.45, 7) is 0.347. The molecule has 0 aliphatic rings. The van der Waals surface area contributed by atoms with Gasteiger partial charge in [-0.2, -0.15) is 0 Å². The van der Waals surface area contributed by atoms with Crippen molar-refractivity contribution >= 4 is 17.2 Å². The lowest BCUT2D eigenvalue weighted by Gasteiger charge is -2.09. The number of ether oxygens (including phenoxy) is 1. The first kappa shape index (κ1) is 15.2. The van der Waals surface area contributed by atoms with E-state index in [4.69, 9.17) is 4.74 Å². The van der Waals surface area contributed by atoms with Gasteiger partial charge in [0.15, 0.2) is 0 Å². The second-order valence-corrected chi connectivity index (χ2v) is 5.28. The number of nitrogens with zero attached hydrogens (tertiary/aromatic N) is 1. The standard InChI is InChI=1S/C19H16FNO2/c20-18-12-17(8-7-15(18)4-2-10-22)23-13-14-5-6-16-3-1-9-21-19(16)11-14/h1,3,5-12H,2,4,13H2. The van der Waals surface area contributed by atoms with Crippen LogP contribution < -0.4 is 4.74 Å². The molecule has 0 N–H and O–H groups in total. The van der Waals surface area contributed by atoms with Gasteiger partial charge in [-0.25, -0.2) is 4.39 Å². The fourth-order valence-corrected chi connectivity index (χ4v) is 2.40. The van der Waals surface area contributed by atoms with Gasteiger partial charge in [-0.05, 0) is 35.7 Å². The molecule has 0 fully saturated rings. The maximum absolute atomic E-state index is 13.9. The van der Waals surface area contributed by atoms with Crippen LogP contribution in [0.25, 0.3) is 10.9 Å². The molecular weight excluding hydrogens is 293 g/mol. The minimum absolute atomic E-state index is 0.321. The van der Waals surface area contributed by atoms with Crippen molar-refractivity contribution in [2.45, 2.75) is 19.4 Å². The van der Waals surface area contributed by atoms with Gasteiger partial charge in [0.05, 0.1) is 5.52 Å². The molecule has 0 aliphatic carbocycles. The number of carbonyl (C=O) groups is 1. The van der Waals surface area contributed by atoms with Crippen molar-refractivity contribution in [2.24, 2.45) is 0 Å². The summed E-state index contributed by atoms with van der Waals surface area (Å²) in [4.78, 5) is 14.7. The van der Waals surface area contributed by atoms with Crippen molar-refractivity contribution in [3.63, 3.8) is 0 Å². The highest BCUT2D eigenvalue weighted by atomic mass is 19.1. The summed E-state index contributed by atoms with van der Waals surface area (Å²) in [7, 11) is 0. The molecule has 3 rings (SSSR count). The molecule has 2 aromatic carbocycles. The molecule has 0 spiro atoms. The first-order chi connectivity index (χ1) is 11.3. The van der Waals surface area contributed by atoms with E-state index in [-0.39, 0.29) is 5.82 Å². The van der Waals surface area contributed by atoms with Gasteiger partial charge in [0.1, 0.15) is 24.5 Å². The van der Waals surface area contributed by atoms with E-state index in [2.05, 4.69) is 4.98 Å². The molecule has 0 unspecified atom stereocenters. The molecule has 4 heteroatoms. The molecule has 1 heterocycles. The molecule has 23 heavy (non-hydrogen) atoms. The van der Waals surface area contributed by atoms with E-state index in [1.54, 1.807) is 18.3 Å². The summed E-state index contributed by atoms with van der Waals surface area (Å²) < 4.78 is 19.5. The minimum Gasteiger partial charge on any atom is -0.489 e. The van der Waals surface area contributed by atoms with Crippen LogP contribution in [0.5, 0.6) is 5.75 Å². The zero-order valence-corrected chi connectivity index (χ0v) is 12.5. The lowest BCUT2D eigenvalue weighted by atomic mass is 10.1. The molecule has 3 aromatic rings. The third kappa shape index (κ3) is 3.72. The molecular formula is C19H16FNO2. The van der Waals surface area contributed by atoms with E-state index in [1.165, 1.54) is 6.07 Å². The highest BCUT2D eigenvalue weighted by Gasteiger charge is 2.05. The van der Waals surface area contributed by atoms with Crippen LogP contribution in [-0.4, -0.2) is 11.3 Å². The quantitative estimate of drug-likeness (QED) is 0.644. The van der Waals surface area contributed by atoms with E-state index in [1.807, 2.05) is 30.3 Å². The second kappa shape index (κ2) is 7.01. The Bertz CT molecular complexity index is 832. The van der Waals surface area contributed by atoms with Crippen LogP contribution in [0, 0.1) is 5.82 Å². The predicted molar refractivity (Wildman–Crippen MR) is 86.9 cm³/mol. The summed E-state index contributed by atoms with van der Waals surface area (Å²) in [5.41, 5.74) is 2.41. The molecule has 0 saturated carbocycles. The van der Waals surface area contributed by atoms with Gasteiger partial charge in [0.25, 0.3) is 0 Å². The average Bonchev–Trinajstić information content (AvgIpc) is 2.59. The van der Waals surface area contributed by atoms with Gasteiger partial charge in [-0.3, -0.25) is 4.98 Å². The number of fused-ring (bicyclic) bond motifs is 1. The van der Waals surface area contributed by atoms with Gasteiger partial charge in [-0.1, -0.05) is 24.3 Å². The highest BCUT2D eigenvalue weighted by molar-refractivity contribution is 5.78. The van der Waals surface area contributed by atoms with Crippen LogP contribution in [0.2, 0.25) is 0 Å². The highest BCUT2D eigenvalue weighted by Crippen LogP contribution is 2.20. The van der Waals surface area contributed by atoms with E-state index < -0.39 is 0 Å². The molecule has 1 aromatic heterocycles. The number of carbonyl (C=O) groups excluding carboxylic acids is 1. The molecule has 116 valence electrons. The fraction of sp³-hybridized carbons (Fsp3) is 0.158. The topological polar surface area (TPSA) is 39.2 Å². The number of aldehydes is 1. The summed E-state index contributed by atoms with van der Waals surface area (Å²) in [5.74, 6) is 0.128. The zero-order valence-electron chi connectivity index (χ0n) is 12.5.